The molecule has 0 spiro atoms. The fraction of sp³-hybridized carbons (Fsp3) is 0.500. The number of hydrogen-bond acceptors (Lipinski definition) is 2. The molecule has 1 atom stereocenters. The second-order valence-corrected chi connectivity index (χ2v) is 5.37. The van der Waals surface area contributed by atoms with Crippen molar-refractivity contribution in [2.45, 2.75) is 46.6 Å². The second kappa shape index (κ2) is 6.07. The van der Waals surface area contributed by atoms with Crippen LogP contribution in [-0.4, -0.2) is 28.4 Å². The van der Waals surface area contributed by atoms with Crippen LogP contribution in [0.3, 0.4) is 0 Å². The van der Waals surface area contributed by atoms with Gasteiger partial charge in [0.25, 0.3) is 0 Å². The summed E-state index contributed by atoms with van der Waals surface area (Å²) in [4.78, 5) is 25.3. The number of aliphatic carboxylic acids is 1. The molecule has 4 heteroatoms. The maximum absolute atomic E-state index is 11.9. The monoisotopic (exact) mass is 277 g/mol. The number of hydrogen-bond donors (Lipinski definition) is 1. The predicted molar refractivity (Wildman–Crippen MR) is 78.6 cm³/mol. The van der Waals surface area contributed by atoms with Crippen LogP contribution in [0.5, 0.6) is 0 Å². The quantitative estimate of drug-likeness (QED) is 0.900. The van der Waals surface area contributed by atoms with E-state index in [1.807, 2.05) is 39.0 Å². The van der Waals surface area contributed by atoms with E-state index in [0.717, 1.165) is 11.1 Å². The van der Waals surface area contributed by atoms with Crippen molar-refractivity contribution in [1.29, 1.82) is 0 Å². The minimum absolute atomic E-state index is 0.224. The minimum Gasteiger partial charge on any atom is -0.479 e. The number of nitrogens with zero attached hydrogens (tertiary/aromatic N) is 1. The third kappa shape index (κ3) is 2.84. The number of benzene rings is 1. The van der Waals surface area contributed by atoms with Crippen LogP contribution in [0.4, 0.5) is 0 Å². The van der Waals surface area contributed by atoms with Crippen LogP contribution < -0.4 is 0 Å². The molecule has 0 heterocycles. The highest BCUT2D eigenvalue weighted by Gasteiger charge is 2.43. The van der Waals surface area contributed by atoms with Crippen LogP contribution in [-0.2, 0) is 15.1 Å². The van der Waals surface area contributed by atoms with E-state index in [-0.39, 0.29) is 5.91 Å². The summed E-state index contributed by atoms with van der Waals surface area (Å²) in [6.07, 6.45) is 0.716. The van der Waals surface area contributed by atoms with E-state index < -0.39 is 11.5 Å². The summed E-state index contributed by atoms with van der Waals surface area (Å²) in [5.74, 6) is -1.23. The molecule has 4 nitrogen and oxygen atoms in total. The maximum atomic E-state index is 11.9. The highest BCUT2D eigenvalue weighted by Crippen LogP contribution is 2.32. The van der Waals surface area contributed by atoms with E-state index in [9.17, 15) is 14.7 Å². The summed E-state index contributed by atoms with van der Waals surface area (Å²) < 4.78 is 0. The summed E-state index contributed by atoms with van der Waals surface area (Å²) >= 11 is 0. The topological polar surface area (TPSA) is 57.6 Å². The van der Waals surface area contributed by atoms with Gasteiger partial charge in [-0.05, 0) is 38.3 Å². The number of carbonyl (C=O) groups is 2. The molecule has 0 fully saturated rings. The SMILES string of the molecule is CCCN(C(C)=O)C(C)(C(=O)O)c1cc(C)ccc1C. The second-order valence-electron chi connectivity index (χ2n) is 5.37. The molecule has 20 heavy (non-hydrogen) atoms. The Morgan fingerprint density at radius 2 is 1.90 bits per heavy atom. The van der Waals surface area contributed by atoms with E-state index in [1.54, 1.807) is 6.92 Å². The van der Waals surface area contributed by atoms with E-state index in [2.05, 4.69) is 0 Å². The first-order valence-corrected chi connectivity index (χ1v) is 6.84. The van der Waals surface area contributed by atoms with Gasteiger partial charge in [0.05, 0.1) is 0 Å². The molecular weight excluding hydrogens is 254 g/mol. The average Bonchev–Trinajstić information content (AvgIpc) is 2.37. The molecule has 1 N–H and O–H groups in total. The Balaban J connectivity index is 3.51. The summed E-state index contributed by atoms with van der Waals surface area (Å²) in [6.45, 7) is 9.17. The smallest absolute Gasteiger partial charge is 0.334 e. The van der Waals surface area contributed by atoms with Crippen molar-refractivity contribution >= 4 is 11.9 Å². The molecule has 0 aliphatic rings. The Hall–Kier alpha value is -1.84. The lowest BCUT2D eigenvalue weighted by Gasteiger charge is -2.38. The van der Waals surface area contributed by atoms with Gasteiger partial charge in [0.2, 0.25) is 5.91 Å². The lowest BCUT2D eigenvalue weighted by atomic mass is 9.85. The highest BCUT2D eigenvalue weighted by molar-refractivity contribution is 5.87. The van der Waals surface area contributed by atoms with Crippen molar-refractivity contribution in [2.24, 2.45) is 0 Å². The van der Waals surface area contributed by atoms with Crippen LogP contribution in [0.15, 0.2) is 18.2 Å². The number of rotatable bonds is 5. The van der Waals surface area contributed by atoms with Crippen molar-refractivity contribution < 1.29 is 14.7 Å². The normalized spacial score (nSPS) is 13.7. The molecule has 0 saturated carbocycles. The first-order chi connectivity index (χ1) is 9.25. The van der Waals surface area contributed by atoms with Gasteiger partial charge in [0, 0.05) is 13.5 Å². The van der Waals surface area contributed by atoms with Gasteiger partial charge in [-0.3, -0.25) is 4.79 Å². The lowest BCUT2D eigenvalue weighted by molar-refractivity contribution is -0.158. The van der Waals surface area contributed by atoms with Gasteiger partial charge in [0.15, 0.2) is 5.54 Å². The lowest BCUT2D eigenvalue weighted by Crippen LogP contribution is -2.52. The molecular formula is C16H23NO3. The Morgan fingerprint density at radius 1 is 1.30 bits per heavy atom. The van der Waals surface area contributed by atoms with E-state index in [4.69, 9.17) is 0 Å². The van der Waals surface area contributed by atoms with Gasteiger partial charge in [-0.15, -0.1) is 0 Å². The van der Waals surface area contributed by atoms with Crippen molar-refractivity contribution in [3.63, 3.8) is 0 Å². The third-order valence-electron chi connectivity index (χ3n) is 3.70. The van der Waals surface area contributed by atoms with Crippen LogP contribution >= 0.6 is 0 Å². The van der Waals surface area contributed by atoms with Crippen LogP contribution in [0.1, 0.15) is 43.9 Å². The summed E-state index contributed by atoms with van der Waals surface area (Å²) in [5.41, 5.74) is 1.20. The fourth-order valence-corrected chi connectivity index (χ4v) is 2.56. The molecule has 1 aromatic carbocycles. The van der Waals surface area contributed by atoms with Crippen LogP contribution in [0.2, 0.25) is 0 Å². The van der Waals surface area contributed by atoms with Crippen molar-refractivity contribution in [1.82, 2.24) is 4.90 Å². The molecule has 1 aromatic rings. The standard InChI is InChI=1S/C16H23NO3/c1-6-9-17(13(4)18)16(5,15(19)20)14-10-11(2)7-8-12(14)3/h7-8,10H,6,9H2,1-5H3,(H,19,20). The number of aryl methyl sites for hydroxylation is 2. The molecule has 0 aromatic heterocycles. The Kier molecular flexibility index (Phi) is 4.93. The van der Waals surface area contributed by atoms with Gasteiger partial charge >= 0.3 is 5.97 Å². The van der Waals surface area contributed by atoms with Gasteiger partial charge in [0.1, 0.15) is 0 Å². The molecule has 0 bridgehead atoms. The summed E-state index contributed by atoms with van der Waals surface area (Å²) in [5, 5.41) is 9.75. The molecule has 1 unspecified atom stereocenters. The first-order valence-electron chi connectivity index (χ1n) is 6.84. The Bertz CT molecular complexity index is 524. The zero-order chi connectivity index (χ0) is 15.5. The van der Waals surface area contributed by atoms with Crippen molar-refractivity contribution in [2.75, 3.05) is 6.54 Å². The van der Waals surface area contributed by atoms with E-state index >= 15 is 0 Å². The Morgan fingerprint density at radius 3 is 2.35 bits per heavy atom. The largest absolute Gasteiger partial charge is 0.479 e. The van der Waals surface area contributed by atoms with Gasteiger partial charge in [-0.1, -0.05) is 30.7 Å². The van der Waals surface area contributed by atoms with Crippen molar-refractivity contribution in [3.8, 4) is 0 Å². The fourth-order valence-electron chi connectivity index (χ4n) is 2.56. The molecule has 110 valence electrons. The van der Waals surface area contributed by atoms with Gasteiger partial charge < -0.3 is 10.0 Å². The molecule has 0 radical (unpaired) electrons. The van der Waals surface area contributed by atoms with Gasteiger partial charge in [-0.2, -0.15) is 0 Å². The molecule has 1 rings (SSSR count). The molecule has 0 aliphatic heterocycles. The summed E-state index contributed by atoms with van der Waals surface area (Å²) in [6, 6.07) is 5.70. The number of amides is 1. The zero-order valence-electron chi connectivity index (χ0n) is 12.9. The number of carboxylic acids is 1. The zero-order valence-corrected chi connectivity index (χ0v) is 12.9. The van der Waals surface area contributed by atoms with Crippen molar-refractivity contribution in [3.05, 3.63) is 34.9 Å². The number of carboxylic acid groups (broad SMARTS) is 1. The van der Waals surface area contributed by atoms with E-state index in [1.165, 1.54) is 11.8 Å². The molecule has 1 amide bonds. The van der Waals surface area contributed by atoms with Crippen LogP contribution in [0.25, 0.3) is 0 Å². The average molecular weight is 277 g/mol. The molecule has 0 aliphatic carbocycles. The predicted octanol–water partition coefficient (Wildman–Crippen LogP) is 2.86. The van der Waals surface area contributed by atoms with Crippen LogP contribution in [0, 0.1) is 13.8 Å². The molecule has 0 saturated heterocycles. The minimum atomic E-state index is -1.34. The third-order valence-corrected chi connectivity index (χ3v) is 3.70. The Labute approximate surface area is 120 Å². The summed E-state index contributed by atoms with van der Waals surface area (Å²) in [7, 11) is 0. The first kappa shape index (κ1) is 16.2. The van der Waals surface area contributed by atoms with E-state index in [0.29, 0.717) is 18.5 Å². The maximum Gasteiger partial charge on any atom is 0.334 e. The number of carbonyl (C=O) groups excluding carboxylic acids is 1. The highest BCUT2D eigenvalue weighted by atomic mass is 16.4. The van der Waals surface area contributed by atoms with Gasteiger partial charge in [-0.25, -0.2) is 4.79 Å².